The molecule has 0 atom stereocenters. The molecule has 0 amide bonds. The Kier molecular flexibility index (Phi) is 5.63. The lowest BCUT2D eigenvalue weighted by molar-refractivity contribution is 0.600. The van der Waals surface area contributed by atoms with E-state index in [-0.39, 0.29) is 5.82 Å². The van der Waals surface area contributed by atoms with E-state index in [0.29, 0.717) is 6.54 Å². The standard InChI is InChI=1S/C12H19FN2S/c1-14-9-10-11(13)5-4-6-12(10)15(2)7-8-16-3/h4-6,14H,7-9H2,1-3H3. The summed E-state index contributed by atoms with van der Waals surface area (Å²) in [6.07, 6.45) is 2.08. The quantitative estimate of drug-likeness (QED) is 0.824. The van der Waals surface area contributed by atoms with E-state index < -0.39 is 0 Å². The van der Waals surface area contributed by atoms with Crippen molar-refractivity contribution in [2.75, 3.05) is 37.5 Å². The minimum absolute atomic E-state index is 0.136. The van der Waals surface area contributed by atoms with Crippen LogP contribution in [0.15, 0.2) is 18.2 Å². The van der Waals surface area contributed by atoms with Crippen LogP contribution in [0.4, 0.5) is 10.1 Å². The van der Waals surface area contributed by atoms with Gasteiger partial charge in [-0.25, -0.2) is 4.39 Å². The molecule has 1 rings (SSSR count). The Bertz CT molecular complexity index is 331. The van der Waals surface area contributed by atoms with Gasteiger partial charge in [0.2, 0.25) is 0 Å². The van der Waals surface area contributed by atoms with E-state index in [1.54, 1.807) is 17.8 Å². The van der Waals surface area contributed by atoms with Crippen LogP contribution in [0.2, 0.25) is 0 Å². The molecule has 0 aliphatic rings. The van der Waals surface area contributed by atoms with Gasteiger partial charge in [0.25, 0.3) is 0 Å². The third-order valence-corrected chi connectivity index (χ3v) is 3.08. The third kappa shape index (κ3) is 3.39. The summed E-state index contributed by atoms with van der Waals surface area (Å²) < 4.78 is 13.6. The molecule has 0 bridgehead atoms. The summed E-state index contributed by atoms with van der Waals surface area (Å²) in [6.45, 7) is 1.49. The summed E-state index contributed by atoms with van der Waals surface area (Å²) in [5.74, 6) is 0.911. The second kappa shape index (κ2) is 6.76. The Labute approximate surface area is 101 Å². The van der Waals surface area contributed by atoms with Crippen molar-refractivity contribution in [2.45, 2.75) is 6.54 Å². The molecule has 0 saturated heterocycles. The lowest BCUT2D eigenvalue weighted by Gasteiger charge is -2.22. The number of nitrogens with one attached hydrogen (secondary N) is 1. The van der Waals surface area contributed by atoms with Crippen LogP contribution >= 0.6 is 11.8 Å². The molecule has 1 N–H and O–H groups in total. The lowest BCUT2D eigenvalue weighted by atomic mass is 10.1. The summed E-state index contributed by atoms with van der Waals surface area (Å²) in [5, 5.41) is 3.00. The van der Waals surface area contributed by atoms with Crippen LogP contribution in [0.3, 0.4) is 0 Å². The number of benzene rings is 1. The molecule has 1 aromatic carbocycles. The van der Waals surface area contributed by atoms with Crippen molar-refractivity contribution in [1.29, 1.82) is 0 Å². The number of thioether (sulfide) groups is 1. The van der Waals surface area contributed by atoms with Gasteiger partial charge in [-0.2, -0.15) is 11.8 Å². The molecule has 0 aliphatic heterocycles. The highest BCUT2D eigenvalue weighted by Crippen LogP contribution is 2.22. The first-order chi connectivity index (χ1) is 7.70. The maximum absolute atomic E-state index is 13.6. The van der Waals surface area contributed by atoms with Crippen molar-refractivity contribution in [1.82, 2.24) is 5.32 Å². The summed E-state index contributed by atoms with van der Waals surface area (Å²) in [4.78, 5) is 2.10. The monoisotopic (exact) mass is 242 g/mol. The fourth-order valence-corrected chi connectivity index (χ4v) is 2.06. The highest BCUT2D eigenvalue weighted by Gasteiger charge is 2.10. The average Bonchev–Trinajstić information content (AvgIpc) is 2.29. The zero-order chi connectivity index (χ0) is 12.0. The molecule has 0 aliphatic carbocycles. The van der Waals surface area contributed by atoms with Gasteiger partial charge in [0.15, 0.2) is 0 Å². The first-order valence-corrected chi connectivity index (χ1v) is 6.72. The van der Waals surface area contributed by atoms with Crippen molar-refractivity contribution < 1.29 is 4.39 Å². The van der Waals surface area contributed by atoms with Crippen LogP contribution in [-0.2, 0) is 6.54 Å². The highest BCUT2D eigenvalue weighted by atomic mass is 32.2. The molecule has 0 fully saturated rings. The van der Waals surface area contributed by atoms with Crippen LogP contribution in [0.1, 0.15) is 5.56 Å². The van der Waals surface area contributed by atoms with Gasteiger partial charge < -0.3 is 10.2 Å². The lowest BCUT2D eigenvalue weighted by Crippen LogP contribution is -2.23. The number of nitrogens with zero attached hydrogens (tertiary/aromatic N) is 1. The molecule has 0 aromatic heterocycles. The van der Waals surface area contributed by atoms with Crippen LogP contribution in [0, 0.1) is 5.82 Å². The van der Waals surface area contributed by atoms with Crippen molar-refractivity contribution in [3.05, 3.63) is 29.6 Å². The van der Waals surface area contributed by atoms with Gasteiger partial charge in [0, 0.05) is 37.1 Å². The van der Waals surface area contributed by atoms with Gasteiger partial charge >= 0.3 is 0 Å². The second-order valence-electron chi connectivity index (χ2n) is 3.68. The molecule has 0 spiro atoms. The van der Waals surface area contributed by atoms with Crippen molar-refractivity contribution in [3.63, 3.8) is 0 Å². The van der Waals surface area contributed by atoms with Gasteiger partial charge in [-0.05, 0) is 25.4 Å². The predicted molar refractivity (Wildman–Crippen MR) is 70.8 cm³/mol. The number of anilines is 1. The molecule has 0 heterocycles. The predicted octanol–water partition coefficient (Wildman–Crippen LogP) is 2.34. The summed E-state index contributed by atoms with van der Waals surface area (Å²) in [7, 11) is 3.84. The number of hydrogen-bond donors (Lipinski definition) is 1. The Morgan fingerprint density at radius 2 is 2.19 bits per heavy atom. The maximum atomic E-state index is 13.6. The van der Waals surface area contributed by atoms with E-state index >= 15 is 0 Å². The normalized spacial score (nSPS) is 10.5. The molecular weight excluding hydrogens is 223 g/mol. The molecule has 90 valence electrons. The van der Waals surface area contributed by atoms with E-state index in [9.17, 15) is 4.39 Å². The van der Waals surface area contributed by atoms with Crippen LogP contribution in [0.5, 0.6) is 0 Å². The molecule has 4 heteroatoms. The molecule has 2 nitrogen and oxygen atoms in total. The van der Waals surface area contributed by atoms with Crippen molar-refractivity contribution >= 4 is 17.4 Å². The molecule has 1 aromatic rings. The Hall–Kier alpha value is -0.740. The van der Waals surface area contributed by atoms with Gasteiger partial charge in [-0.3, -0.25) is 0 Å². The first-order valence-electron chi connectivity index (χ1n) is 5.32. The SMILES string of the molecule is CNCc1c(F)cccc1N(C)CCSC. The van der Waals surface area contributed by atoms with Crippen molar-refractivity contribution in [3.8, 4) is 0 Å². The topological polar surface area (TPSA) is 15.3 Å². The first kappa shape index (κ1) is 13.3. The molecule has 0 unspecified atom stereocenters. The van der Waals surface area contributed by atoms with E-state index in [1.165, 1.54) is 6.07 Å². The van der Waals surface area contributed by atoms with Gasteiger partial charge in [-0.15, -0.1) is 0 Å². The van der Waals surface area contributed by atoms with Gasteiger partial charge in [0.1, 0.15) is 5.82 Å². The van der Waals surface area contributed by atoms with Crippen LogP contribution in [-0.4, -0.2) is 32.6 Å². The zero-order valence-corrected chi connectivity index (χ0v) is 10.9. The Balaban J connectivity index is 2.88. The van der Waals surface area contributed by atoms with Crippen LogP contribution in [0.25, 0.3) is 0 Å². The largest absolute Gasteiger partial charge is 0.373 e. The minimum atomic E-state index is -0.136. The number of rotatable bonds is 6. The van der Waals surface area contributed by atoms with E-state index in [4.69, 9.17) is 0 Å². The molecule has 0 radical (unpaired) electrons. The third-order valence-electron chi connectivity index (χ3n) is 2.49. The highest BCUT2D eigenvalue weighted by molar-refractivity contribution is 7.98. The van der Waals surface area contributed by atoms with Gasteiger partial charge in [-0.1, -0.05) is 6.07 Å². The molecule has 16 heavy (non-hydrogen) atoms. The fraction of sp³-hybridized carbons (Fsp3) is 0.500. The molecular formula is C12H19FN2S. The van der Waals surface area contributed by atoms with Crippen LogP contribution < -0.4 is 10.2 Å². The zero-order valence-electron chi connectivity index (χ0n) is 10.1. The second-order valence-corrected chi connectivity index (χ2v) is 4.67. The van der Waals surface area contributed by atoms with E-state index in [2.05, 4.69) is 16.5 Å². The maximum Gasteiger partial charge on any atom is 0.129 e. The Morgan fingerprint density at radius 1 is 1.44 bits per heavy atom. The average molecular weight is 242 g/mol. The van der Waals surface area contributed by atoms with Gasteiger partial charge in [0.05, 0.1) is 0 Å². The number of halogens is 1. The Morgan fingerprint density at radius 3 is 2.81 bits per heavy atom. The number of hydrogen-bond acceptors (Lipinski definition) is 3. The minimum Gasteiger partial charge on any atom is -0.373 e. The summed E-state index contributed by atoms with van der Waals surface area (Å²) >= 11 is 1.80. The van der Waals surface area contributed by atoms with Crippen molar-refractivity contribution in [2.24, 2.45) is 0 Å². The summed E-state index contributed by atoms with van der Waals surface area (Å²) in [5.41, 5.74) is 1.72. The van der Waals surface area contributed by atoms with E-state index in [1.807, 2.05) is 20.2 Å². The smallest absolute Gasteiger partial charge is 0.129 e. The molecule has 0 saturated carbocycles. The van der Waals surface area contributed by atoms with E-state index in [0.717, 1.165) is 23.5 Å². The summed E-state index contributed by atoms with van der Waals surface area (Å²) in [6, 6.07) is 5.24. The fourth-order valence-electron chi connectivity index (χ4n) is 1.61.